The third-order valence-electron chi connectivity index (χ3n) is 3.36. The average Bonchev–Trinajstić information content (AvgIpc) is 3.04. The summed E-state index contributed by atoms with van der Waals surface area (Å²) in [6.45, 7) is 4.31. The molecule has 1 aromatic carbocycles. The highest BCUT2D eigenvalue weighted by Crippen LogP contribution is 2.30. The molecule has 2 atom stereocenters. The molecule has 0 aliphatic carbocycles. The first-order chi connectivity index (χ1) is 9.65. The van der Waals surface area contributed by atoms with Crippen molar-refractivity contribution in [2.24, 2.45) is 0 Å². The van der Waals surface area contributed by atoms with E-state index in [1.54, 1.807) is 11.3 Å². The molecule has 0 saturated carbocycles. The summed E-state index contributed by atoms with van der Waals surface area (Å²) in [5.41, 5.74) is 2.10. The van der Waals surface area contributed by atoms with Crippen LogP contribution >= 0.6 is 27.3 Å². The van der Waals surface area contributed by atoms with E-state index in [4.69, 9.17) is 0 Å². The molecule has 0 aliphatic rings. The zero-order valence-electron chi connectivity index (χ0n) is 11.4. The molecular weight excluding hydrogens is 334 g/mol. The quantitative estimate of drug-likeness (QED) is 0.710. The number of hydrogen-bond donors (Lipinski definition) is 2. The number of imidazole rings is 1. The van der Waals surface area contributed by atoms with Crippen LogP contribution < -0.4 is 5.32 Å². The van der Waals surface area contributed by atoms with E-state index >= 15 is 0 Å². The first-order valence-electron chi connectivity index (χ1n) is 6.58. The molecule has 0 saturated heterocycles. The summed E-state index contributed by atoms with van der Waals surface area (Å²) in [5.74, 6) is 0.978. The van der Waals surface area contributed by atoms with Crippen molar-refractivity contribution in [3.63, 3.8) is 0 Å². The molecule has 0 aliphatic heterocycles. The Hall–Kier alpha value is -1.17. The molecule has 2 N–H and O–H groups in total. The smallest absolute Gasteiger partial charge is 0.124 e. The third-order valence-corrected chi connectivity index (χ3v) is 5.41. The Morgan fingerprint density at radius 3 is 2.70 bits per heavy atom. The van der Waals surface area contributed by atoms with Crippen LogP contribution in [-0.2, 0) is 0 Å². The van der Waals surface area contributed by atoms with Gasteiger partial charge in [-0.05, 0) is 53.4 Å². The summed E-state index contributed by atoms with van der Waals surface area (Å²) in [7, 11) is 0. The van der Waals surface area contributed by atoms with Gasteiger partial charge in [-0.3, -0.25) is 0 Å². The van der Waals surface area contributed by atoms with Crippen molar-refractivity contribution in [2.75, 3.05) is 0 Å². The molecule has 3 nitrogen and oxygen atoms in total. The predicted octanol–water partition coefficient (Wildman–Crippen LogP) is 4.80. The molecule has 3 aromatic rings. The van der Waals surface area contributed by atoms with Gasteiger partial charge in [-0.1, -0.05) is 12.1 Å². The largest absolute Gasteiger partial charge is 0.341 e. The Bertz CT molecular complexity index is 686. The fraction of sp³-hybridized carbons (Fsp3) is 0.267. The fourth-order valence-electron chi connectivity index (χ4n) is 2.32. The van der Waals surface area contributed by atoms with E-state index in [2.05, 4.69) is 62.6 Å². The number of aromatic amines is 1. The molecule has 0 amide bonds. The number of H-pyrrole nitrogens is 1. The average molecular weight is 350 g/mol. The van der Waals surface area contributed by atoms with Crippen molar-refractivity contribution in [2.45, 2.75) is 25.9 Å². The molecule has 0 radical (unpaired) electrons. The van der Waals surface area contributed by atoms with Gasteiger partial charge < -0.3 is 10.3 Å². The maximum atomic E-state index is 4.64. The monoisotopic (exact) mass is 349 g/mol. The molecule has 2 unspecified atom stereocenters. The van der Waals surface area contributed by atoms with E-state index in [0.717, 1.165) is 16.9 Å². The topological polar surface area (TPSA) is 40.7 Å². The summed E-state index contributed by atoms with van der Waals surface area (Å²) >= 11 is 5.35. The van der Waals surface area contributed by atoms with Gasteiger partial charge in [0.15, 0.2) is 0 Å². The van der Waals surface area contributed by atoms with Gasteiger partial charge in [-0.2, -0.15) is 0 Å². The summed E-state index contributed by atoms with van der Waals surface area (Å²) in [6.07, 6.45) is 0. The highest BCUT2D eigenvalue weighted by Gasteiger charge is 2.16. The second kappa shape index (κ2) is 5.68. The van der Waals surface area contributed by atoms with Crippen molar-refractivity contribution in [1.29, 1.82) is 0 Å². The predicted molar refractivity (Wildman–Crippen MR) is 88.1 cm³/mol. The van der Waals surface area contributed by atoms with Gasteiger partial charge in [0.1, 0.15) is 5.82 Å². The van der Waals surface area contributed by atoms with E-state index in [1.807, 2.05) is 18.2 Å². The number of thiophene rings is 1. The maximum Gasteiger partial charge on any atom is 0.124 e. The number of benzene rings is 1. The highest BCUT2D eigenvalue weighted by atomic mass is 79.9. The lowest BCUT2D eigenvalue weighted by atomic mass is 10.2. The van der Waals surface area contributed by atoms with Crippen molar-refractivity contribution < 1.29 is 0 Å². The number of fused-ring (bicyclic) bond motifs is 1. The number of nitrogens with one attached hydrogen (secondary N) is 2. The zero-order valence-corrected chi connectivity index (χ0v) is 13.8. The van der Waals surface area contributed by atoms with E-state index < -0.39 is 0 Å². The van der Waals surface area contributed by atoms with Crippen LogP contribution in [0.25, 0.3) is 11.0 Å². The van der Waals surface area contributed by atoms with Gasteiger partial charge >= 0.3 is 0 Å². The summed E-state index contributed by atoms with van der Waals surface area (Å²) in [4.78, 5) is 9.33. The van der Waals surface area contributed by atoms with Crippen LogP contribution in [-0.4, -0.2) is 9.97 Å². The van der Waals surface area contributed by atoms with Crippen LogP contribution in [0, 0.1) is 0 Å². The molecular formula is C15H16BrN3S. The highest BCUT2D eigenvalue weighted by molar-refractivity contribution is 9.10. The first kappa shape index (κ1) is 13.8. The van der Waals surface area contributed by atoms with Gasteiger partial charge in [-0.15, -0.1) is 11.3 Å². The van der Waals surface area contributed by atoms with Gasteiger partial charge in [0, 0.05) is 15.4 Å². The normalized spacial score (nSPS) is 14.6. The number of hydrogen-bond acceptors (Lipinski definition) is 3. The molecule has 104 valence electrons. The number of rotatable bonds is 4. The van der Waals surface area contributed by atoms with Crippen LogP contribution in [0.2, 0.25) is 0 Å². The third kappa shape index (κ3) is 2.66. The minimum absolute atomic E-state index is 0.173. The Labute approximate surface area is 130 Å². The van der Waals surface area contributed by atoms with Crippen molar-refractivity contribution in [1.82, 2.24) is 15.3 Å². The zero-order chi connectivity index (χ0) is 14.1. The van der Waals surface area contributed by atoms with Crippen LogP contribution in [0.15, 0.2) is 40.2 Å². The van der Waals surface area contributed by atoms with Crippen LogP contribution in [0.5, 0.6) is 0 Å². The Balaban J connectivity index is 1.79. The van der Waals surface area contributed by atoms with Crippen molar-refractivity contribution in [3.8, 4) is 0 Å². The van der Waals surface area contributed by atoms with E-state index in [-0.39, 0.29) is 12.1 Å². The van der Waals surface area contributed by atoms with Gasteiger partial charge in [0.05, 0.1) is 17.1 Å². The van der Waals surface area contributed by atoms with E-state index in [1.165, 1.54) is 9.35 Å². The van der Waals surface area contributed by atoms with Gasteiger partial charge in [0.2, 0.25) is 0 Å². The van der Waals surface area contributed by atoms with Crippen molar-refractivity contribution in [3.05, 3.63) is 50.9 Å². The molecule has 3 rings (SSSR count). The standard InChI is InChI=1S/C15H16BrN3S/c1-9(14-11(16)7-8-20-14)17-10(2)15-18-12-5-3-4-6-13(12)19-15/h3-10,17H,1-2H3,(H,18,19). The van der Waals surface area contributed by atoms with Crippen molar-refractivity contribution >= 4 is 38.3 Å². The molecule has 0 fully saturated rings. The SMILES string of the molecule is CC(NC(C)c1sccc1Br)c1nc2ccccc2[nH]1. The molecule has 0 bridgehead atoms. The lowest BCUT2D eigenvalue weighted by Crippen LogP contribution is -2.22. The Morgan fingerprint density at radius 1 is 1.20 bits per heavy atom. The number of nitrogens with zero attached hydrogens (tertiary/aromatic N) is 1. The molecule has 5 heteroatoms. The number of halogens is 1. The lowest BCUT2D eigenvalue weighted by molar-refractivity contribution is 0.484. The van der Waals surface area contributed by atoms with Crippen LogP contribution in [0.4, 0.5) is 0 Å². The Kier molecular flexibility index (Phi) is 3.92. The second-order valence-electron chi connectivity index (χ2n) is 4.88. The minimum Gasteiger partial charge on any atom is -0.341 e. The minimum atomic E-state index is 0.173. The fourth-order valence-corrected chi connectivity index (χ4v) is 4.06. The molecule has 2 heterocycles. The summed E-state index contributed by atoms with van der Waals surface area (Å²) in [6, 6.07) is 10.7. The molecule has 20 heavy (non-hydrogen) atoms. The first-order valence-corrected chi connectivity index (χ1v) is 8.26. The van der Waals surface area contributed by atoms with E-state index in [0.29, 0.717) is 0 Å². The summed E-state index contributed by atoms with van der Waals surface area (Å²) < 4.78 is 1.17. The van der Waals surface area contributed by atoms with E-state index in [9.17, 15) is 0 Å². The Morgan fingerprint density at radius 2 is 2.00 bits per heavy atom. The number of para-hydroxylation sites is 2. The van der Waals surface area contributed by atoms with Crippen LogP contribution in [0.3, 0.4) is 0 Å². The second-order valence-corrected chi connectivity index (χ2v) is 6.68. The maximum absolute atomic E-state index is 4.64. The number of aromatic nitrogens is 2. The van der Waals surface area contributed by atoms with Gasteiger partial charge in [-0.25, -0.2) is 4.98 Å². The molecule has 2 aromatic heterocycles. The lowest BCUT2D eigenvalue weighted by Gasteiger charge is -2.18. The van der Waals surface area contributed by atoms with Gasteiger partial charge in [0.25, 0.3) is 0 Å². The summed E-state index contributed by atoms with van der Waals surface area (Å²) in [5, 5.41) is 5.69. The van der Waals surface area contributed by atoms with Crippen LogP contribution in [0.1, 0.15) is 36.6 Å². The molecule has 0 spiro atoms.